The average molecular weight is 266 g/mol. The Bertz CT molecular complexity index is 373. The number of carbonyl (C=O) groups is 2. The first-order valence-corrected chi connectivity index (χ1v) is 7.05. The van der Waals surface area contributed by atoms with E-state index in [2.05, 4.69) is 11.4 Å². The van der Waals surface area contributed by atoms with Crippen molar-refractivity contribution in [1.29, 1.82) is 0 Å². The zero-order valence-electron chi connectivity index (χ0n) is 11.2. The fraction of sp³-hybridized carbons (Fsp3) is 0.714. The van der Waals surface area contributed by atoms with Crippen LogP contribution in [-0.4, -0.2) is 40.6 Å². The van der Waals surface area contributed by atoms with Gasteiger partial charge in [-0.3, -0.25) is 4.79 Å². The smallest absolute Gasteiger partial charge is 0.318 e. The summed E-state index contributed by atoms with van der Waals surface area (Å²) in [5.74, 6) is -0.833. The van der Waals surface area contributed by atoms with Gasteiger partial charge in [0.05, 0.1) is 12.0 Å². The van der Waals surface area contributed by atoms with E-state index >= 15 is 0 Å². The third kappa shape index (κ3) is 3.72. The molecule has 0 atom stereocenters. The maximum absolute atomic E-state index is 12.2. The average Bonchev–Trinajstić information content (AvgIpc) is 2.39. The molecule has 0 radical (unpaired) electrons. The Hall–Kier alpha value is -1.52. The minimum Gasteiger partial charge on any atom is -0.481 e. The van der Waals surface area contributed by atoms with Gasteiger partial charge in [0.15, 0.2) is 0 Å². The fourth-order valence-electron chi connectivity index (χ4n) is 3.00. The quantitative estimate of drug-likeness (QED) is 0.769. The van der Waals surface area contributed by atoms with Gasteiger partial charge in [0.2, 0.25) is 0 Å². The summed E-state index contributed by atoms with van der Waals surface area (Å²) in [5, 5.41) is 12.1. The predicted molar refractivity (Wildman–Crippen MR) is 71.9 cm³/mol. The van der Waals surface area contributed by atoms with E-state index in [9.17, 15) is 9.59 Å². The minimum atomic E-state index is -0.833. The highest BCUT2D eigenvalue weighted by atomic mass is 16.4. The van der Waals surface area contributed by atoms with Crippen molar-refractivity contribution in [3.63, 3.8) is 0 Å². The molecule has 19 heavy (non-hydrogen) atoms. The first-order valence-electron chi connectivity index (χ1n) is 7.05. The van der Waals surface area contributed by atoms with E-state index in [-0.39, 0.29) is 12.5 Å². The highest BCUT2D eigenvalue weighted by Gasteiger charge is 2.36. The van der Waals surface area contributed by atoms with E-state index in [0.717, 1.165) is 38.5 Å². The Morgan fingerprint density at radius 2 is 1.95 bits per heavy atom. The molecule has 1 aliphatic carbocycles. The molecule has 1 fully saturated rings. The van der Waals surface area contributed by atoms with Gasteiger partial charge in [-0.2, -0.15) is 0 Å². The standard InChI is InChI=1S/C14H22N2O3/c17-12(18)11-14(7-3-1-4-8-14)15-13(19)16-9-5-2-6-10-16/h2,5H,1,3-4,6-11H2,(H,15,19)(H,17,18). The molecular formula is C14H22N2O3. The second-order valence-corrected chi connectivity index (χ2v) is 5.55. The van der Waals surface area contributed by atoms with Crippen molar-refractivity contribution in [3.8, 4) is 0 Å². The van der Waals surface area contributed by atoms with E-state index in [4.69, 9.17) is 5.11 Å². The molecule has 0 spiro atoms. The minimum absolute atomic E-state index is 0.0302. The van der Waals surface area contributed by atoms with Crippen molar-refractivity contribution in [1.82, 2.24) is 10.2 Å². The van der Waals surface area contributed by atoms with Crippen molar-refractivity contribution in [2.45, 2.75) is 50.5 Å². The second kappa shape index (κ2) is 6.08. The molecule has 0 aromatic carbocycles. The maximum Gasteiger partial charge on any atom is 0.318 e. The lowest BCUT2D eigenvalue weighted by Gasteiger charge is -2.39. The van der Waals surface area contributed by atoms with Crippen LogP contribution in [-0.2, 0) is 4.79 Å². The van der Waals surface area contributed by atoms with Gasteiger partial charge >= 0.3 is 12.0 Å². The van der Waals surface area contributed by atoms with Crippen molar-refractivity contribution >= 4 is 12.0 Å². The molecule has 2 rings (SSSR count). The molecule has 1 heterocycles. The molecular weight excluding hydrogens is 244 g/mol. The number of rotatable bonds is 3. The number of aliphatic carboxylic acids is 1. The lowest BCUT2D eigenvalue weighted by Crippen LogP contribution is -2.55. The van der Waals surface area contributed by atoms with Crippen molar-refractivity contribution in [3.05, 3.63) is 12.2 Å². The van der Waals surface area contributed by atoms with Crippen molar-refractivity contribution in [2.75, 3.05) is 13.1 Å². The number of hydrogen-bond acceptors (Lipinski definition) is 2. The Labute approximate surface area is 113 Å². The molecule has 0 aromatic rings. The Morgan fingerprint density at radius 3 is 2.53 bits per heavy atom. The first-order chi connectivity index (χ1) is 9.11. The largest absolute Gasteiger partial charge is 0.481 e. The lowest BCUT2D eigenvalue weighted by molar-refractivity contribution is -0.139. The summed E-state index contributed by atoms with van der Waals surface area (Å²) in [6.07, 6.45) is 9.61. The van der Waals surface area contributed by atoms with Gasteiger partial charge in [-0.15, -0.1) is 0 Å². The number of carboxylic acid groups (broad SMARTS) is 1. The third-order valence-electron chi connectivity index (χ3n) is 4.02. The number of carboxylic acids is 1. The normalized spacial score (nSPS) is 22.0. The Kier molecular flexibility index (Phi) is 4.45. The summed E-state index contributed by atoms with van der Waals surface area (Å²) in [6.45, 7) is 1.33. The molecule has 2 N–H and O–H groups in total. The van der Waals surface area contributed by atoms with Crippen LogP contribution in [0.4, 0.5) is 4.79 Å². The molecule has 1 saturated carbocycles. The molecule has 0 saturated heterocycles. The zero-order chi connectivity index (χ0) is 13.7. The molecule has 5 heteroatoms. The monoisotopic (exact) mass is 266 g/mol. The highest BCUT2D eigenvalue weighted by molar-refractivity contribution is 5.77. The van der Waals surface area contributed by atoms with Crippen LogP contribution in [0.2, 0.25) is 0 Å². The van der Waals surface area contributed by atoms with Gasteiger partial charge in [0.25, 0.3) is 0 Å². The first kappa shape index (κ1) is 13.9. The molecule has 2 aliphatic rings. The summed E-state index contributed by atoms with van der Waals surface area (Å²) in [7, 11) is 0. The number of hydrogen-bond donors (Lipinski definition) is 2. The SMILES string of the molecule is O=C(O)CC1(NC(=O)N2CC=CCC2)CCCCC1. The molecule has 1 aliphatic heterocycles. The van der Waals surface area contributed by atoms with Crippen LogP contribution in [0.1, 0.15) is 44.9 Å². The zero-order valence-corrected chi connectivity index (χ0v) is 11.2. The van der Waals surface area contributed by atoms with Crippen LogP contribution < -0.4 is 5.32 Å². The van der Waals surface area contributed by atoms with Gasteiger partial charge in [-0.05, 0) is 19.3 Å². The van der Waals surface area contributed by atoms with Gasteiger partial charge < -0.3 is 15.3 Å². The van der Waals surface area contributed by atoms with E-state index < -0.39 is 11.5 Å². The number of nitrogens with one attached hydrogen (secondary N) is 1. The van der Waals surface area contributed by atoms with E-state index in [1.54, 1.807) is 4.90 Å². The molecule has 5 nitrogen and oxygen atoms in total. The fourth-order valence-corrected chi connectivity index (χ4v) is 3.00. The van der Waals surface area contributed by atoms with Crippen LogP contribution in [0, 0.1) is 0 Å². The van der Waals surface area contributed by atoms with E-state index in [1.165, 1.54) is 0 Å². The number of amides is 2. The van der Waals surface area contributed by atoms with Crippen molar-refractivity contribution in [2.24, 2.45) is 0 Å². The summed E-state index contributed by atoms with van der Waals surface area (Å²) in [5.41, 5.74) is -0.539. The van der Waals surface area contributed by atoms with E-state index in [1.807, 2.05) is 6.08 Å². The summed E-state index contributed by atoms with van der Waals surface area (Å²) in [4.78, 5) is 25.0. The van der Waals surface area contributed by atoms with Gasteiger partial charge in [-0.1, -0.05) is 31.4 Å². The van der Waals surface area contributed by atoms with Crippen LogP contribution >= 0.6 is 0 Å². The van der Waals surface area contributed by atoms with Crippen LogP contribution in [0.5, 0.6) is 0 Å². The van der Waals surface area contributed by atoms with E-state index in [0.29, 0.717) is 13.1 Å². The summed E-state index contributed by atoms with van der Waals surface area (Å²) >= 11 is 0. The van der Waals surface area contributed by atoms with Gasteiger partial charge in [0, 0.05) is 13.1 Å². The maximum atomic E-state index is 12.2. The predicted octanol–water partition coefficient (Wildman–Crippen LogP) is 2.14. The summed E-state index contributed by atoms with van der Waals surface area (Å²) < 4.78 is 0. The second-order valence-electron chi connectivity index (χ2n) is 5.55. The van der Waals surface area contributed by atoms with Gasteiger partial charge in [0.1, 0.15) is 0 Å². The molecule has 106 valence electrons. The third-order valence-corrected chi connectivity index (χ3v) is 4.02. The molecule has 2 amide bonds. The summed E-state index contributed by atoms with van der Waals surface area (Å²) in [6, 6.07) is -0.118. The number of carbonyl (C=O) groups excluding carboxylic acids is 1. The molecule has 0 unspecified atom stereocenters. The van der Waals surface area contributed by atoms with Crippen LogP contribution in [0.25, 0.3) is 0 Å². The topological polar surface area (TPSA) is 69.6 Å². The van der Waals surface area contributed by atoms with Crippen LogP contribution in [0.15, 0.2) is 12.2 Å². The number of nitrogens with zero attached hydrogens (tertiary/aromatic N) is 1. The molecule has 0 aromatic heterocycles. The van der Waals surface area contributed by atoms with Crippen molar-refractivity contribution < 1.29 is 14.7 Å². The lowest BCUT2D eigenvalue weighted by atomic mass is 9.79. The van der Waals surface area contributed by atoms with Gasteiger partial charge in [-0.25, -0.2) is 4.79 Å². The Balaban J connectivity index is 2.00. The van der Waals surface area contributed by atoms with Crippen LogP contribution in [0.3, 0.4) is 0 Å². The highest BCUT2D eigenvalue weighted by Crippen LogP contribution is 2.31. The Morgan fingerprint density at radius 1 is 1.21 bits per heavy atom. The molecule has 0 bridgehead atoms. The number of urea groups is 1.